The van der Waals surface area contributed by atoms with Crippen molar-refractivity contribution in [2.75, 3.05) is 6.61 Å². The largest absolute Gasteiger partial charge is 0.452 e. The van der Waals surface area contributed by atoms with Crippen LogP contribution in [0.2, 0.25) is 10.0 Å². The molecule has 0 bridgehead atoms. The van der Waals surface area contributed by atoms with E-state index in [-0.39, 0.29) is 6.04 Å². The van der Waals surface area contributed by atoms with Crippen LogP contribution in [0.15, 0.2) is 48.5 Å². The molecule has 0 aliphatic carbocycles. The van der Waals surface area contributed by atoms with E-state index in [0.717, 1.165) is 5.56 Å². The number of ether oxygens (including phenoxy) is 1. The molecule has 0 unspecified atom stereocenters. The third kappa shape index (κ3) is 6.45. The van der Waals surface area contributed by atoms with Crippen molar-refractivity contribution in [2.45, 2.75) is 13.0 Å². The van der Waals surface area contributed by atoms with Crippen LogP contribution in [0, 0.1) is 11.3 Å². The predicted octanol–water partition coefficient (Wildman–Crippen LogP) is 4.30. The molecule has 5 nitrogen and oxygen atoms in total. The molecule has 1 atom stereocenters. The van der Waals surface area contributed by atoms with Crippen molar-refractivity contribution < 1.29 is 14.3 Å². The molecule has 1 amide bonds. The molecule has 27 heavy (non-hydrogen) atoms. The highest BCUT2D eigenvalue weighted by Crippen LogP contribution is 2.25. The van der Waals surface area contributed by atoms with E-state index in [9.17, 15) is 9.59 Å². The Kier molecular flexibility index (Phi) is 7.42. The van der Waals surface area contributed by atoms with E-state index in [2.05, 4.69) is 5.32 Å². The molecule has 138 valence electrons. The first-order chi connectivity index (χ1) is 12.9. The van der Waals surface area contributed by atoms with Gasteiger partial charge in [-0.25, -0.2) is 4.79 Å². The first-order valence-electron chi connectivity index (χ1n) is 7.98. The molecule has 2 aromatic rings. The lowest BCUT2D eigenvalue weighted by Crippen LogP contribution is -2.31. The minimum absolute atomic E-state index is 0.366. The van der Waals surface area contributed by atoms with E-state index < -0.39 is 18.5 Å². The molecular formula is C20H16Cl2N2O3. The lowest BCUT2D eigenvalue weighted by molar-refractivity contribution is -0.144. The fourth-order valence-corrected chi connectivity index (χ4v) is 2.80. The summed E-state index contributed by atoms with van der Waals surface area (Å²) in [5.74, 6) is -1.10. The first-order valence-corrected chi connectivity index (χ1v) is 8.74. The summed E-state index contributed by atoms with van der Waals surface area (Å²) in [6.07, 6.45) is 2.76. The maximum Gasteiger partial charge on any atom is 0.331 e. The quantitative estimate of drug-likeness (QED) is 0.576. The summed E-state index contributed by atoms with van der Waals surface area (Å²) in [4.78, 5) is 23.7. The average Bonchev–Trinajstić information content (AvgIpc) is 2.65. The number of esters is 1. The fraction of sp³-hybridized carbons (Fsp3) is 0.150. The number of carbonyl (C=O) groups excluding carboxylic acids is 2. The summed E-state index contributed by atoms with van der Waals surface area (Å²) in [5.41, 5.74) is 1.98. The minimum atomic E-state index is -0.647. The summed E-state index contributed by atoms with van der Waals surface area (Å²) < 4.78 is 4.91. The predicted molar refractivity (Wildman–Crippen MR) is 104 cm³/mol. The van der Waals surface area contributed by atoms with Crippen LogP contribution >= 0.6 is 23.2 Å². The summed E-state index contributed by atoms with van der Waals surface area (Å²) >= 11 is 12.0. The lowest BCUT2D eigenvalue weighted by atomic mass is 10.1. The molecule has 0 aliphatic rings. The molecule has 0 spiro atoms. The van der Waals surface area contributed by atoms with Crippen molar-refractivity contribution >= 4 is 41.2 Å². The number of rotatable bonds is 6. The number of benzene rings is 2. The Morgan fingerprint density at radius 3 is 2.56 bits per heavy atom. The molecule has 0 radical (unpaired) electrons. The molecule has 0 saturated carbocycles. The van der Waals surface area contributed by atoms with Gasteiger partial charge in [0.05, 0.1) is 17.7 Å². The van der Waals surface area contributed by atoms with Crippen LogP contribution in [0.4, 0.5) is 0 Å². The monoisotopic (exact) mass is 402 g/mol. The standard InChI is InChI=1S/C20H16Cl2N2O3/c1-13(17-8-7-16(21)10-18(17)22)24-19(25)12-27-20(26)9-6-14-2-4-15(11-23)5-3-14/h2-10,13H,12H2,1H3,(H,24,25)/b9-6+/t13-/m1/s1. The van der Waals surface area contributed by atoms with Crippen LogP contribution in [0.3, 0.4) is 0 Å². The van der Waals surface area contributed by atoms with Crippen LogP contribution in [0.5, 0.6) is 0 Å². The van der Waals surface area contributed by atoms with Gasteiger partial charge >= 0.3 is 5.97 Å². The van der Waals surface area contributed by atoms with Gasteiger partial charge in [-0.1, -0.05) is 41.4 Å². The SMILES string of the molecule is C[C@@H](NC(=O)COC(=O)/C=C/c1ccc(C#N)cc1)c1ccc(Cl)cc1Cl. The third-order valence-corrected chi connectivity index (χ3v) is 4.17. The number of carbonyl (C=O) groups is 2. The summed E-state index contributed by atoms with van der Waals surface area (Å²) in [6, 6.07) is 13.3. The summed E-state index contributed by atoms with van der Waals surface area (Å²) in [5, 5.41) is 12.4. The molecule has 1 N–H and O–H groups in total. The number of nitriles is 1. The molecule has 0 saturated heterocycles. The number of amides is 1. The fourth-order valence-electron chi connectivity index (χ4n) is 2.23. The van der Waals surface area contributed by atoms with E-state index in [1.54, 1.807) is 49.4 Å². The maximum absolute atomic E-state index is 11.9. The number of halogens is 2. The van der Waals surface area contributed by atoms with Crippen LogP contribution in [-0.4, -0.2) is 18.5 Å². The Morgan fingerprint density at radius 2 is 1.93 bits per heavy atom. The van der Waals surface area contributed by atoms with Crippen molar-refractivity contribution in [3.05, 3.63) is 75.3 Å². The zero-order valence-electron chi connectivity index (χ0n) is 14.4. The highest BCUT2D eigenvalue weighted by molar-refractivity contribution is 6.35. The van der Waals surface area contributed by atoms with E-state index in [1.807, 2.05) is 6.07 Å². The molecular weight excluding hydrogens is 387 g/mol. The Bertz CT molecular complexity index is 902. The van der Waals surface area contributed by atoms with Crippen LogP contribution in [-0.2, 0) is 14.3 Å². The summed E-state index contributed by atoms with van der Waals surface area (Å²) in [7, 11) is 0. The first kappa shape index (κ1) is 20.5. The Hall–Kier alpha value is -2.81. The molecule has 0 heterocycles. The zero-order chi connectivity index (χ0) is 19.8. The molecule has 2 aromatic carbocycles. The van der Waals surface area contributed by atoms with Crippen molar-refractivity contribution in [2.24, 2.45) is 0 Å². The number of hydrogen-bond acceptors (Lipinski definition) is 4. The van der Waals surface area contributed by atoms with Crippen molar-refractivity contribution in [1.82, 2.24) is 5.32 Å². The topological polar surface area (TPSA) is 79.2 Å². The van der Waals surface area contributed by atoms with Gasteiger partial charge in [-0.15, -0.1) is 0 Å². The van der Waals surface area contributed by atoms with Gasteiger partial charge in [0.15, 0.2) is 6.61 Å². The molecule has 2 rings (SSSR count). The smallest absolute Gasteiger partial charge is 0.331 e. The van der Waals surface area contributed by atoms with Crippen molar-refractivity contribution in [3.63, 3.8) is 0 Å². The van der Waals surface area contributed by atoms with Gasteiger partial charge in [0.1, 0.15) is 0 Å². The number of hydrogen-bond donors (Lipinski definition) is 1. The van der Waals surface area contributed by atoms with Crippen LogP contribution in [0.1, 0.15) is 29.7 Å². The highest BCUT2D eigenvalue weighted by Gasteiger charge is 2.14. The second-order valence-corrected chi connectivity index (χ2v) is 6.47. The van der Waals surface area contributed by atoms with Gasteiger partial charge in [0.2, 0.25) is 0 Å². The van der Waals surface area contributed by atoms with Gasteiger partial charge < -0.3 is 10.1 Å². The van der Waals surface area contributed by atoms with E-state index in [0.29, 0.717) is 21.2 Å². The van der Waals surface area contributed by atoms with Gasteiger partial charge in [-0.05, 0) is 48.4 Å². The lowest BCUT2D eigenvalue weighted by Gasteiger charge is -2.15. The summed E-state index contributed by atoms with van der Waals surface area (Å²) in [6.45, 7) is 1.35. The second-order valence-electron chi connectivity index (χ2n) is 5.63. The molecule has 0 aliphatic heterocycles. The highest BCUT2D eigenvalue weighted by atomic mass is 35.5. The molecule has 0 fully saturated rings. The van der Waals surface area contributed by atoms with Gasteiger partial charge in [-0.3, -0.25) is 4.79 Å². The van der Waals surface area contributed by atoms with E-state index in [1.165, 1.54) is 12.2 Å². The second kappa shape index (κ2) is 9.77. The van der Waals surface area contributed by atoms with Gasteiger partial charge in [-0.2, -0.15) is 5.26 Å². The maximum atomic E-state index is 11.9. The van der Waals surface area contributed by atoms with Crippen molar-refractivity contribution in [3.8, 4) is 6.07 Å². The Morgan fingerprint density at radius 1 is 1.22 bits per heavy atom. The molecule has 7 heteroatoms. The Labute approximate surface area is 167 Å². The normalized spacial score (nSPS) is 11.6. The number of nitrogens with zero attached hydrogens (tertiary/aromatic N) is 1. The van der Waals surface area contributed by atoms with Crippen LogP contribution in [0.25, 0.3) is 6.08 Å². The Balaban J connectivity index is 1.82. The zero-order valence-corrected chi connectivity index (χ0v) is 15.9. The van der Waals surface area contributed by atoms with Gasteiger partial charge in [0, 0.05) is 16.1 Å². The average molecular weight is 403 g/mol. The molecule has 0 aromatic heterocycles. The minimum Gasteiger partial charge on any atom is -0.452 e. The number of nitrogens with one attached hydrogen (secondary N) is 1. The van der Waals surface area contributed by atoms with Gasteiger partial charge in [0.25, 0.3) is 5.91 Å². The van der Waals surface area contributed by atoms with Crippen molar-refractivity contribution in [1.29, 1.82) is 5.26 Å². The third-order valence-electron chi connectivity index (χ3n) is 3.60. The van der Waals surface area contributed by atoms with E-state index in [4.69, 9.17) is 33.2 Å². The van der Waals surface area contributed by atoms with Crippen LogP contribution < -0.4 is 5.32 Å². The van der Waals surface area contributed by atoms with E-state index >= 15 is 0 Å².